The molecule has 0 radical (unpaired) electrons. The lowest BCUT2D eigenvalue weighted by Crippen LogP contribution is -2.40. The van der Waals surface area contributed by atoms with Crippen molar-refractivity contribution in [2.45, 2.75) is 31.7 Å². The third-order valence-corrected chi connectivity index (χ3v) is 5.45. The summed E-state index contributed by atoms with van der Waals surface area (Å²) in [5, 5.41) is 6.71. The number of halogens is 2. The van der Waals surface area contributed by atoms with Gasteiger partial charge in [-0.15, -0.1) is 24.0 Å². The van der Waals surface area contributed by atoms with E-state index in [2.05, 4.69) is 25.6 Å². The van der Waals surface area contributed by atoms with E-state index < -0.39 is 0 Å². The quantitative estimate of drug-likeness (QED) is 0.296. The molecule has 1 saturated carbocycles. The van der Waals surface area contributed by atoms with E-state index in [9.17, 15) is 4.39 Å². The molecule has 0 amide bonds. The van der Waals surface area contributed by atoms with Crippen molar-refractivity contribution < 1.29 is 4.39 Å². The Morgan fingerprint density at radius 2 is 2.03 bits per heavy atom. The molecule has 2 aromatic heterocycles. The lowest BCUT2D eigenvalue weighted by Gasteiger charge is -2.19. The smallest absolute Gasteiger partial charge is 0.191 e. The first kappa shape index (κ1) is 22.2. The van der Waals surface area contributed by atoms with Crippen molar-refractivity contribution in [1.82, 2.24) is 25.2 Å². The number of nitrogens with one attached hydrogen (secondary N) is 2. The highest BCUT2D eigenvalue weighted by Crippen LogP contribution is 2.47. The summed E-state index contributed by atoms with van der Waals surface area (Å²) < 4.78 is 15.5. The van der Waals surface area contributed by atoms with E-state index in [4.69, 9.17) is 0 Å². The molecule has 2 heterocycles. The second-order valence-electron chi connectivity index (χ2n) is 7.44. The predicted molar refractivity (Wildman–Crippen MR) is 127 cm³/mol. The van der Waals surface area contributed by atoms with Crippen molar-refractivity contribution in [2.24, 2.45) is 4.99 Å². The number of hydrogen-bond donors (Lipinski definition) is 2. The van der Waals surface area contributed by atoms with Gasteiger partial charge >= 0.3 is 0 Å². The van der Waals surface area contributed by atoms with Gasteiger partial charge in [-0.3, -0.25) is 9.56 Å². The van der Waals surface area contributed by atoms with Gasteiger partial charge in [-0.2, -0.15) is 0 Å². The molecule has 0 atom stereocenters. The molecule has 1 aliphatic rings. The first-order chi connectivity index (χ1) is 14.1. The maximum absolute atomic E-state index is 13.6. The highest BCUT2D eigenvalue weighted by Gasteiger charge is 2.44. The topological polar surface area (TPSA) is 67.1 Å². The number of guanidine groups is 1. The fourth-order valence-corrected chi connectivity index (χ4v) is 3.48. The SMILES string of the molecule is CN=C(NCc1ccc(-n2ccnc2C)nc1)NCC1(c2cccc(F)c2)CC1.I. The summed E-state index contributed by atoms with van der Waals surface area (Å²) in [6.07, 6.45) is 7.62. The maximum Gasteiger partial charge on any atom is 0.191 e. The van der Waals surface area contributed by atoms with Crippen LogP contribution >= 0.6 is 24.0 Å². The first-order valence-corrected chi connectivity index (χ1v) is 9.75. The van der Waals surface area contributed by atoms with Gasteiger partial charge in [-0.05, 0) is 49.1 Å². The van der Waals surface area contributed by atoms with Crippen LogP contribution in [0.4, 0.5) is 4.39 Å². The maximum atomic E-state index is 13.6. The van der Waals surface area contributed by atoms with Crippen LogP contribution in [0.3, 0.4) is 0 Å². The van der Waals surface area contributed by atoms with E-state index in [1.165, 1.54) is 6.07 Å². The number of benzene rings is 1. The van der Waals surface area contributed by atoms with Crippen LogP contribution in [-0.4, -0.2) is 34.1 Å². The number of imidazole rings is 1. The molecular weight excluding hydrogens is 494 g/mol. The minimum absolute atomic E-state index is 0. The molecule has 0 aliphatic heterocycles. The van der Waals surface area contributed by atoms with Gasteiger partial charge in [0.1, 0.15) is 17.5 Å². The fourth-order valence-electron chi connectivity index (χ4n) is 3.48. The van der Waals surface area contributed by atoms with Crippen molar-refractivity contribution in [3.05, 3.63) is 77.8 Å². The van der Waals surface area contributed by atoms with Crippen LogP contribution < -0.4 is 10.6 Å². The molecule has 0 saturated heterocycles. The highest BCUT2D eigenvalue weighted by molar-refractivity contribution is 14.0. The minimum Gasteiger partial charge on any atom is -0.356 e. The van der Waals surface area contributed by atoms with Gasteiger partial charge in [0.05, 0.1) is 0 Å². The molecular formula is C22H26FIN6. The lowest BCUT2D eigenvalue weighted by molar-refractivity contribution is 0.607. The summed E-state index contributed by atoms with van der Waals surface area (Å²) >= 11 is 0. The molecule has 0 spiro atoms. The normalized spacial score (nSPS) is 14.7. The average molecular weight is 520 g/mol. The number of rotatable bonds is 6. The first-order valence-electron chi connectivity index (χ1n) is 9.75. The average Bonchev–Trinajstić information content (AvgIpc) is 3.42. The van der Waals surface area contributed by atoms with Gasteiger partial charge in [-0.1, -0.05) is 18.2 Å². The van der Waals surface area contributed by atoms with Crippen LogP contribution in [0, 0.1) is 12.7 Å². The minimum atomic E-state index is -0.182. The van der Waals surface area contributed by atoms with Crippen molar-refractivity contribution >= 4 is 29.9 Å². The van der Waals surface area contributed by atoms with Crippen molar-refractivity contribution in [1.29, 1.82) is 0 Å². The van der Waals surface area contributed by atoms with Crippen LogP contribution in [0.15, 0.2) is 60.0 Å². The number of aromatic nitrogens is 3. The van der Waals surface area contributed by atoms with Crippen LogP contribution in [0.1, 0.15) is 29.8 Å². The van der Waals surface area contributed by atoms with Gasteiger partial charge < -0.3 is 10.6 Å². The number of hydrogen-bond acceptors (Lipinski definition) is 3. The Labute approximate surface area is 193 Å². The molecule has 2 N–H and O–H groups in total. The second kappa shape index (κ2) is 9.55. The van der Waals surface area contributed by atoms with E-state index in [-0.39, 0.29) is 35.2 Å². The number of aryl methyl sites for hydroxylation is 1. The number of pyridine rings is 1. The molecule has 3 aromatic rings. The third kappa shape index (κ3) is 4.97. The van der Waals surface area contributed by atoms with Crippen LogP contribution in [0.5, 0.6) is 0 Å². The van der Waals surface area contributed by atoms with E-state index in [0.29, 0.717) is 6.54 Å². The Morgan fingerprint density at radius 1 is 1.20 bits per heavy atom. The number of nitrogens with zero attached hydrogens (tertiary/aromatic N) is 4. The molecule has 0 bridgehead atoms. The van der Waals surface area contributed by atoms with E-state index in [0.717, 1.165) is 48.1 Å². The second-order valence-corrected chi connectivity index (χ2v) is 7.44. The summed E-state index contributed by atoms with van der Waals surface area (Å²) in [6, 6.07) is 10.9. The zero-order valence-corrected chi connectivity index (χ0v) is 19.4. The summed E-state index contributed by atoms with van der Waals surface area (Å²) in [5.74, 6) is 2.29. The molecule has 0 unspecified atom stereocenters. The zero-order chi connectivity index (χ0) is 20.3. The van der Waals surface area contributed by atoms with Crippen molar-refractivity contribution in [3.8, 4) is 5.82 Å². The van der Waals surface area contributed by atoms with E-state index >= 15 is 0 Å². The van der Waals surface area contributed by atoms with Gasteiger partial charge in [0.25, 0.3) is 0 Å². The van der Waals surface area contributed by atoms with Gasteiger partial charge in [0.2, 0.25) is 0 Å². The molecule has 4 rings (SSSR count). The van der Waals surface area contributed by atoms with Gasteiger partial charge in [0.15, 0.2) is 5.96 Å². The third-order valence-electron chi connectivity index (χ3n) is 5.45. The summed E-state index contributed by atoms with van der Waals surface area (Å²) in [7, 11) is 1.75. The monoisotopic (exact) mass is 520 g/mol. The molecule has 1 aromatic carbocycles. The van der Waals surface area contributed by atoms with Gasteiger partial charge in [-0.25, -0.2) is 14.4 Å². The predicted octanol–water partition coefficient (Wildman–Crippen LogP) is 3.73. The standard InChI is InChI=1S/C22H25FN6.HI/c1-16-25-10-11-29(16)20-7-6-17(13-26-20)14-27-21(24-2)28-15-22(8-9-22)18-4-3-5-19(23)12-18;/h3-7,10-13H,8-9,14-15H2,1-2H3,(H2,24,27,28);1H. The molecule has 8 heteroatoms. The molecule has 6 nitrogen and oxygen atoms in total. The summed E-state index contributed by atoms with van der Waals surface area (Å²) in [4.78, 5) is 13.0. The fraction of sp³-hybridized carbons (Fsp3) is 0.318. The highest BCUT2D eigenvalue weighted by atomic mass is 127. The number of aliphatic imine (C=N–C) groups is 1. The summed E-state index contributed by atoms with van der Waals surface area (Å²) in [5.41, 5.74) is 2.11. The molecule has 30 heavy (non-hydrogen) atoms. The van der Waals surface area contributed by atoms with Crippen LogP contribution in [0.25, 0.3) is 5.82 Å². The molecule has 1 aliphatic carbocycles. The van der Waals surface area contributed by atoms with Crippen molar-refractivity contribution in [2.75, 3.05) is 13.6 Å². The van der Waals surface area contributed by atoms with Crippen molar-refractivity contribution in [3.63, 3.8) is 0 Å². The largest absolute Gasteiger partial charge is 0.356 e. The Balaban J connectivity index is 0.00000256. The molecule has 1 fully saturated rings. The van der Waals surface area contributed by atoms with Crippen LogP contribution in [0.2, 0.25) is 0 Å². The Kier molecular flexibility index (Phi) is 7.06. The lowest BCUT2D eigenvalue weighted by atomic mass is 9.96. The Hall–Kier alpha value is -2.49. The summed E-state index contributed by atoms with van der Waals surface area (Å²) in [6.45, 7) is 3.29. The molecule has 158 valence electrons. The zero-order valence-electron chi connectivity index (χ0n) is 17.1. The van der Waals surface area contributed by atoms with Crippen LogP contribution in [-0.2, 0) is 12.0 Å². The Bertz CT molecular complexity index is 1010. The Morgan fingerprint density at radius 3 is 2.63 bits per heavy atom. The van der Waals surface area contributed by atoms with E-state index in [1.807, 2.05) is 42.1 Å². The van der Waals surface area contributed by atoms with E-state index in [1.54, 1.807) is 25.4 Å². The van der Waals surface area contributed by atoms with Gasteiger partial charge in [0, 0.05) is 44.1 Å².